The Morgan fingerprint density at radius 3 is 2.39 bits per heavy atom. The number of nitrogens with zero attached hydrogens (tertiary/aromatic N) is 1. The van der Waals surface area contributed by atoms with E-state index < -0.39 is 0 Å². The molecule has 0 saturated carbocycles. The van der Waals surface area contributed by atoms with Crippen LogP contribution in [0.15, 0.2) is 22.7 Å². The van der Waals surface area contributed by atoms with Gasteiger partial charge in [0.25, 0.3) is 0 Å². The predicted molar refractivity (Wildman–Crippen MR) is 78.1 cm³/mol. The summed E-state index contributed by atoms with van der Waals surface area (Å²) < 4.78 is 14.3. The molecule has 0 amide bonds. The maximum Gasteiger partial charge on any atom is 0.123 e. The van der Waals surface area contributed by atoms with E-state index in [2.05, 4.69) is 34.7 Å². The molecule has 0 aliphatic rings. The molecule has 0 fully saturated rings. The Bertz CT molecular complexity index is 365. The van der Waals surface area contributed by atoms with Crippen LogP contribution < -0.4 is 5.73 Å². The van der Waals surface area contributed by atoms with Gasteiger partial charge in [-0.1, -0.05) is 29.8 Å². The SMILES string of the molecule is CCCN(CCC)C(CN)c1cc(F)ccc1Br. The summed E-state index contributed by atoms with van der Waals surface area (Å²) >= 11 is 3.49. The lowest BCUT2D eigenvalue weighted by molar-refractivity contribution is 0.201. The highest BCUT2D eigenvalue weighted by atomic mass is 79.9. The second kappa shape index (κ2) is 7.87. The quantitative estimate of drug-likeness (QED) is 0.831. The van der Waals surface area contributed by atoms with Gasteiger partial charge in [0.05, 0.1) is 0 Å². The number of rotatable bonds is 7. The summed E-state index contributed by atoms with van der Waals surface area (Å²) in [5.74, 6) is -0.209. The van der Waals surface area contributed by atoms with E-state index in [4.69, 9.17) is 5.73 Å². The summed E-state index contributed by atoms with van der Waals surface area (Å²) in [4.78, 5) is 2.33. The second-order valence-electron chi connectivity index (χ2n) is 4.45. The van der Waals surface area contributed by atoms with E-state index in [-0.39, 0.29) is 11.9 Å². The monoisotopic (exact) mass is 316 g/mol. The third kappa shape index (κ3) is 4.04. The lowest BCUT2D eigenvalue weighted by Crippen LogP contribution is -2.35. The van der Waals surface area contributed by atoms with Crippen molar-refractivity contribution in [2.45, 2.75) is 32.7 Å². The first-order chi connectivity index (χ1) is 8.63. The van der Waals surface area contributed by atoms with Crippen molar-refractivity contribution in [1.29, 1.82) is 0 Å². The van der Waals surface area contributed by atoms with Gasteiger partial charge in [-0.05, 0) is 49.7 Å². The zero-order valence-electron chi connectivity index (χ0n) is 11.1. The maximum absolute atomic E-state index is 13.4. The molecule has 2 nitrogen and oxygen atoms in total. The van der Waals surface area contributed by atoms with Crippen molar-refractivity contribution < 1.29 is 4.39 Å². The molecule has 1 aromatic carbocycles. The average molecular weight is 317 g/mol. The fourth-order valence-electron chi connectivity index (χ4n) is 2.24. The van der Waals surface area contributed by atoms with Crippen LogP contribution in [0.2, 0.25) is 0 Å². The molecule has 2 N–H and O–H groups in total. The van der Waals surface area contributed by atoms with Crippen molar-refractivity contribution >= 4 is 15.9 Å². The van der Waals surface area contributed by atoms with Crippen molar-refractivity contribution in [2.24, 2.45) is 5.73 Å². The summed E-state index contributed by atoms with van der Waals surface area (Å²) in [6.07, 6.45) is 2.15. The van der Waals surface area contributed by atoms with Gasteiger partial charge in [0.15, 0.2) is 0 Å². The summed E-state index contributed by atoms with van der Waals surface area (Å²) in [6.45, 7) is 6.77. The van der Waals surface area contributed by atoms with Crippen molar-refractivity contribution in [3.63, 3.8) is 0 Å². The van der Waals surface area contributed by atoms with Crippen molar-refractivity contribution in [3.05, 3.63) is 34.1 Å². The fraction of sp³-hybridized carbons (Fsp3) is 0.571. The highest BCUT2D eigenvalue weighted by Crippen LogP contribution is 2.28. The Kier molecular flexibility index (Phi) is 6.82. The lowest BCUT2D eigenvalue weighted by atomic mass is 10.0. The maximum atomic E-state index is 13.4. The molecule has 1 rings (SSSR count). The van der Waals surface area contributed by atoms with Crippen LogP contribution in [-0.2, 0) is 0 Å². The topological polar surface area (TPSA) is 29.3 Å². The molecule has 0 saturated heterocycles. The number of halogens is 2. The standard InChI is InChI=1S/C14H22BrFN2/c1-3-7-18(8-4-2)14(10-17)12-9-11(16)5-6-13(12)15/h5-6,9,14H,3-4,7-8,10,17H2,1-2H3. The van der Waals surface area contributed by atoms with E-state index in [1.807, 2.05) is 0 Å². The first kappa shape index (κ1) is 15.6. The minimum atomic E-state index is -0.209. The Morgan fingerprint density at radius 1 is 1.28 bits per heavy atom. The molecule has 0 aromatic heterocycles. The van der Waals surface area contributed by atoms with Gasteiger partial charge in [-0.25, -0.2) is 4.39 Å². The normalized spacial score (nSPS) is 13.0. The molecule has 0 spiro atoms. The molecule has 18 heavy (non-hydrogen) atoms. The first-order valence-electron chi connectivity index (χ1n) is 6.53. The Labute approximate surface area is 117 Å². The van der Waals surface area contributed by atoms with Crippen LogP contribution in [0.5, 0.6) is 0 Å². The second-order valence-corrected chi connectivity index (χ2v) is 5.31. The zero-order valence-corrected chi connectivity index (χ0v) is 12.7. The van der Waals surface area contributed by atoms with Crippen molar-refractivity contribution in [3.8, 4) is 0 Å². The first-order valence-corrected chi connectivity index (χ1v) is 7.32. The van der Waals surface area contributed by atoms with Gasteiger partial charge >= 0.3 is 0 Å². The molecule has 1 aromatic rings. The smallest absolute Gasteiger partial charge is 0.123 e. The summed E-state index contributed by atoms with van der Waals surface area (Å²) in [6, 6.07) is 4.88. The summed E-state index contributed by atoms with van der Waals surface area (Å²) in [5, 5.41) is 0. The molecule has 0 aliphatic heterocycles. The van der Waals surface area contributed by atoms with E-state index in [1.165, 1.54) is 6.07 Å². The number of benzene rings is 1. The molecule has 0 bridgehead atoms. The van der Waals surface area contributed by atoms with E-state index in [1.54, 1.807) is 12.1 Å². The minimum absolute atomic E-state index is 0.0787. The van der Waals surface area contributed by atoms with Crippen molar-refractivity contribution in [2.75, 3.05) is 19.6 Å². The minimum Gasteiger partial charge on any atom is -0.329 e. The van der Waals surface area contributed by atoms with Crippen LogP contribution in [-0.4, -0.2) is 24.5 Å². The Balaban J connectivity index is 3.01. The average Bonchev–Trinajstić information content (AvgIpc) is 2.35. The molecule has 1 unspecified atom stereocenters. The molecule has 1 atom stereocenters. The molecule has 0 radical (unpaired) electrons. The van der Waals surface area contributed by atoms with Crippen LogP contribution in [0.4, 0.5) is 4.39 Å². The van der Waals surface area contributed by atoms with E-state index in [9.17, 15) is 4.39 Å². The molecule has 0 aliphatic carbocycles. The number of hydrogen-bond donors (Lipinski definition) is 1. The zero-order chi connectivity index (χ0) is 13.5. The van der Waals surface area contributed by atoms with E-state index in [0.717, 1.165) is 36.0 Å². The third-order valence-electron chi connectivity index (χ3n) is 3.00. The number of hydrogen-bond acceptors (Lipinski definition) is 2. The summed E-state index contributed by atoms with van der Waals surface area (Å²) in [5.41, 5.74) is 6.84. The Hall–Kier alpha value is -0.450. The largest absolute Gasteiger partial charge is 0.329 e. The van der Waals surface area contributed by atoms with Crippen LogP contribution in [0, 0.1) is 5.82 Å². The molecule has 4 heteroatoms. The van der Waals surface area contributed by atoms with Crippen molar-refractivity contribution in [1.82, 2.24) is 4.90 Å². The van der Waals surface area contributed by atoms with Crippen LogP contribution >= 0.6 is 15.9 Å². The van der Waals surface area contributed by atoms with Crippen LogP contribution in [0.1, 0.15) is 38.3 Å². The van der Waals surface area contributed by atoms with Crippen LogP contribution in [0.3, 0.4) is 0 Å². The Morgan fingerprint density at radius 2 is 1.89 bits per heavy atom. The van der Waals surface area contributed by atoms with Gasteiger partial charge in [-0.3, -0.25) is 4.90 Å². The summed E-state index contributed by atoms with van der Waals surface area (Å²) in [7, 11) is 0. The lowest BCUT2D eigenvalue weighted by Gasteiger charge is -2.31. The number of nitrogens with two attached hydrogens (primary N) is 1. The van der Waals surface area contributed by atoms with Gasteiger partial charge in [0.2, 0.25) is 0 Å². The van der Waals surface area contributed by atoms with Gasteiger partial charge in [-0.2, -0.15) is 0 Å². The van der Waals surface area contributed by atoms with E-state index >= 15 is 0 Å². The highest BCUT2D eigenvalue weighted by Gasteiger charge is 2.20. The molecular weight excluding hydrogens is 295 g/mol. The van der Waals surface area contributed by atoms with Gasteiger partial charge < -0.3 is 5.73 Å². The fourth-order valence-corrected chi connectivity index (χ4v) is 2.75. The predicted octanol–water partition coefficient (Wildman–Crippen LogP) is 3.71. The van der Waals surface area contributed by atoms with Gasteiger partial charge in [0, 0.05) is 17.1 Å². The molecule has 0 heterocycles. The van der Waals surface area contributed by atoms with Gasteiger partial charge in [0.1, 0.15) is 5.82 Å². The van der Waals surface area contributed by atoms with Gasteiger partial charge in [-0.15, -0.1) is 0 Å². The molecular formula is C14H22BrFN2. The molecule has 102 valence electrons. The highest BCUT2D eigenvalue weighted by molar-refractivity contribution is 9.10. The van der Waals surface area contributed by atoms with E-state index in [0.29, 0.717) is 6.54 Å². The third-order valence-corrected chi connectivity index (χ3v) is 3.72. The van der Waals surface area contributed by atoms with Crippen LogP contribution in [0.25, 0.3) is 0 Å².